The highest BCUT2D eigenvalue weighted by molar-refractivity contribution is 6.20. The third-order valence-corrected chi connectivity index (χ3v) is 4.15. The maximum atomic E-state index is 11.5. The molecule has 10 heteroatoms. The van der Waals surface area contributed by atoms with Gasteiger partial charge in [0.25, 0.3) is 11.4 Å². The van der Waals surface area contributed by atoms with E-state index in [4.69, 9.17) is 5.73 Å². The van der Waals surface area contributed by atoms with Gasteiger partial charge in [0.2, 0.25) is 11.8 Å². The number of benzene rings is 2. The minimum Gasteiger partial charge on any atom is -0.399 e. The molecule has 0 aliphatic carbocycles. The van der Waals surface area contributed by atoms with Gasteiger partial charge in [-0.05, 0) is 37.1 Å². The lowest BCUT2D eigenvalue weighted by Gasteiger charge is -2.15. The molecule has 1 heterocycles. The highest BCUT2D eigenvalue weighted by Gasteiger charge is 2.31. The second kappa shape index (κ2) is 8.25. The van der Waals surface area contributed by atoms with E-state index in [1.807, 2.05) is 0 Å². The van der Waals surface area contributed by atoms with E-state index in [2.05, 4.69) is 0 Å². The number of carbonyl (C=O) groups is 2. The van der Waals surface area contributed by atoms with Gasteiger partial charge in [-0.15, -0.1) is 0 Å². The molecule has 0 atom stereocenters. The van der Waals surface area contributed by atoms with E-state index in [9.17, 15) is 29.8 Å². The van der Waals surface area contributed by atoms with Crippen LogP contribution in [0.2, 0.25) is 0 Å². The number of anilines is 2. The molecule has 0 radical (unpaired) electrons. The van der Waals surface area contributed by atoms with Crippen molar-refractivity contribution in [2.75, 3.05) is 10.6 Å². The number of nitro benzene ring substituents is 2. The Bertz CT molecular complexity index is 957. The van der Waals surface area contributed by atoms with E-state index >= 15 is 0 Å². The zero-order valence-electron chi connectivity index (χ0n) is 15.2. The number of imide groups is 1. The number of nitrogen functional groups attached to an aromatic ring is 1. The maximum Gasteiger partial charge on any atom is 0.269 e. The monoisotopic (exact) mass is 386 g/mol. The molecule has 146 valence electrons. The minimum absolute atomic E-state index is 0.0506. The molecule has 2 amide bonds. The van der Waals surface area contributed by atoms with Crippen molar-refractivity contribution < 1.29 is 19.4 Å². The van der Waals surface area contributed by atoms with Gasteiger partial charge >= 0.3 is 0 Å². The Morgan fingerprint density at radius 2 is 1.32 bits per heavy atom. The second-order valence-corrected chi connectivity index (χ2v) is 6.15. The smallest absolute Gasteiger partial charge is 0.269 e. The van der Waals surface area contributed by atoms with Crippen LogP contribution in [0.4, 0.5) is 22.7 Å². The van der Waals surface area contributed by atoms with Crippen molar-refractivity contribution in [3.8, 4) is 0 Å². The third-order valence-electron chi connectivity index (χ3n) is 4.15. The second-order valence-electron chi connectivity index (χ2n) is 6.15. The fraction of sp³-hybridized carbons (Fsp3) is 0.222. The summed E-state index contributed by atoms with van der Waals surface area (Å²) >= 11 is 0. The molecule has 0 bridgehead atoms. The van der Waals surface area contributed by atoms with E-state index in [1.54, 1.807) is 13.8 Å². The Hall–Kier alpha value is -3.82. The molecule has 1 fully saturated rings. The Morgan fingerprint density at radius 3 is 1.75 bits per heavy atom. The molecule has 2 aromatic rings. The van der Waals surface area contributed by atoms with Crippen LogP contribution in [0.1, 0.15) is 24.0 Å². The van der Waals surface area contributed by atoms with Crippen LogP contribution in [0.25, 0.3) is 0 Å². The Morgan fingerprint density at radius 1 is 0.857 bits per heavy atom. The SMILES string of the molecule is Cc1cc([N+](=O)[O-])ccc1N.Cc1cc([N+](=O)[O-])ccc1N1C(=O)CCC1=O. The number of nitrogens with two attached hydrogens (primary N) is 1. The lowest BCUT2D eigenvalue weighted by molar-refractivity contribution is -0.385. The van der Waals surface area contributed by atoms with Gasteiger partial charge in [0.1, 0.15) is 0 Å². The fourth-order valence-corrected chi connectivity index (χ4v) is 2.62. The van der Waals surface area contributed by atoms with E-state index in [0.717, 1.165) is 10.5 Å². The summed E-state index contributed by atoms with van der Waals surface area (Å²) in [5, 5.41) is 20.8. The van der Waals surface area contributed by atoms with Gasteiger partial charge < -0.3 is 5.73 Å². The van der Waals surface area contributed by atoms with Gasteiger partial charge in [-0.2, -0.15) is 0 Å². The van der Waals surface area contributed by atoms with E-state index in [-0.39, 0.29) is 36.0 Å². The van der Waals surface area contributed by atoms with Gasteiger partial charge in [-0.1, -0.05) is 0 Å². The predicted octanol–water partition coefficient (Wildman–Crippen LogP) is 3.04. The zero-order valence-corrected chi connectivity index (χ0v) is 15.2. The quantitative estimate of drug-likeness (QED) is 0.368. The normalized spacial score (nSPS) is 13.1. The van der Waals surface area contributed by atoms with Crippen LogP contribution >= 0.6 is 0 Å². The molecule has 28 heavy (non-hydrogen) atoms. The molecule has 2 aromatic carbocycles. The lowest BCUT2D eigenvalue weighted by atomic mass is 10.1. The first-order chi connectivity index (χ1) is 13.1. The van der Waals surface area contributed by atoms with Gasteiger partial charge in [0, 0.05) is 42.8 Å². The van der Waals surface area contributed by atoms with Crippen molar-refractivity contribution in [1.29, 1.82) is 0 Å². The molecule has 0 spiro atoms. The van der Waals surface area contributed by atoms with Crippen LogP contribution in [0.5, 0.6) is 0 Å². The average Bonchev–Trinajstić information content (AvgIpc) is 2.96. The summed E-state index contributed by atoms with van der Waals surface area (Å²) in [6.45, 7) is 3.38. The summed E-state index contributed by atoms with van der Waals surface area (Å²) in [5.41, 5.74) is 7.79. The fourth-order valence-electron chi connectivity index (χ4n) is 2.62. The number of nitro groups is 2. The Kier molecular flexibility index (Phi) is 6.04. The largest absolute Gasteiger partial charge is 0.399 e. The Labute approximate surface area is 159 Å². The number of nitrogens with zero attached hydrogens (tertiary/aromatic N) is 3. The number of rotatable bonds is 3. The molecule has 1 aliphatic rings. The summed E-state index contributed by atoms with van der Waals surface area (Å²) in [6, 6.07) is 8.47. The molecule has 2 N–H and O–H groups in total. The molecular weight excluding hydrogens is 368 g/mol. The summed E-state index contributed by atoms with van der Waals surface area (Å²) in [6.07, 6.45) is 0.407. The van der Waals surface area contributed by atoms with Crippen molar-refractivity contribution in [1.82, 2.24) is 0 Å². The van der Waals surface area contributed by atoms with Gasteiger partial charge in [-0.3, -0.25) is 34.7 Å². The lowest BCUT2D eigenvalue weighted by Crippen LogP contribution is -2.29. The third kappa shape index (κ3) is 4.47. The number of hydrogen-bond donors (Lipinski definition) is 1. The maximum absolute atomic E-state index is 11.5. The average molecular weight is 386 g/mol. The molecular formula is C18H18N4O6. The van der Waals surface area contributed by atoms with Crippen molar-refractivity contribution in [2.45, 2.75) is 26.7 Å². The van der Waals surface area contributed by atoms with Crippen molar-refractivity contribution >= 4 is 34.6 Å². The summed E-state index contributed by atoms with van der Waals surface area (Å²) < 4.78 is 0. The first-order valence-electron chi connectivity index (χ1n) is 8.23. The van der Waals surface area contributed by atoms with Gasteiger partial charge in [0.15, 0.2) is 0 Å². The summed E-state index contributed by atoms with van der Waals surface area (Å²) in [4.78, 5) is 44.0. The summed E-state index contributed by atoms with van der Waals surface area (Å²) in [7, 11) is 0. The van der Waals surface area contributed by atoms with Crippen molar-refractivity contribution in [2.24, 2.45) is 0 Å². The van der Waals surface area contributed by atoms with Crippen LogP contribution in [0, 0.1) is 34.1 Å². The first kappa shape index (κ1) is 20.5. The Balaban J connectivity index is 0.000000221. The molecule has 10 nitrogen and oxygen atoms in total. The van der Waals surface area contributed by atoms with E-state index in [0.29, 0.717) is 16.9 Å². The molecule has 3 rings (SSSR count). The molecule has 0 unspecified atom stereocenters. The first-order valence-corrected chi connectivity index (χ1v) is 8.23. The highest BCUT2D eigenvalue weighted by Crippen LogP contribution is 2.28. The molecule has 1 saturated heterocycles. The molecule has 1 aliphatic heterocycles. The van der Waals surface area contributed by atoms with E-state index < -0.39 is 9.85 Å². The van der Waals surface area contributed by atoms with Crippen molar-refractivity contribution in [3.63, 3.8) is 0 Å². The molecule has 0 saturated carbocycles. The van der Waals surface area contributed by atoms with Crippen LogP contribution < -0.4 is 10.6 Å². The van der Waals surface area contributed by atoms with Crippen molar-refractivity contribution in [3.05, 3.63) is 67.8 Å². The van der Waals surface area contributed by atoms with Crippen LogP contribution in [0.15, 0.2) is 36.4 Å². The topological polar surface area (TPSA) is 150 Å². The van der Waals surface area contributed by atoms with Gasteiger partial charge in [0.05, 0.1) is 15.5 Å². The number of non-ortho nitro benzene ring substituents is 2. The number of carbonyl (C=O) groups excluding carboxylic acids is 2. The number of aryl methyl sites for hydroxylation is 2. The summed E-state index contributed by atoms with van der Waals surface area (Å²) in [5.74, 6) is -0.515. The zero-order chi connectivity index (χ0) is 21.0. The standard InChI is InChI=1S/C11H10N2O4.C7H8N2O2/c1-7-6-8(13(16)17)2-3-9(7)12-10(14)4-5-11(12)15;1-5-4-6(9(10)11)2-3-7(5)8/h2-3,6H,4-5H2,1H3;2-4H,8H2,1H3. The van der Waals surface area contributed by atoms with Crippen LogP contribution in [0.3, 0.4) is 0 Å². The molecule has 0 aromatic heterocycles. The number of hydrogen-bond acceptors (Lipinski definition) is 7. The highest BCUT2D eigenvalue weighted by atomic mass is 16.6. The van der Waals surface area contributed by atoms with Gasteiger partial charge in [-0.25, -0.2) is 0 Å². The number of amides is 2. The van der Waals surface area contributed by atoms with Crippen LogP contribution in [-0.4, -0.2) is 21.7 Å². The minimum atomic E-state index is -0.510. The van der Waals surface area contributed by atoms with Crippen LogP contribution in [-0.2, 0) is 9.59 Å². The predicted molar refractivity (Wildman–Crippen MR) is 102 cm³/mol. The van der Waals surface area contributed by atoms with E-state index in [1.165, 1.54) is 36.4 Å².